The van der Waals surface area contributed by atoms with Crippen LogP contribution in [0.2, 0.25) is 0 Å². The molecule has 0 saturated carbocycles. The number of nitrogens with zero attached hydrogens (tertiary/aromatic N) is 4. The quantitative estimate of drug-likeness (QED) is 0.810. The topological polar surface area (TPSA) is 75.6 Å². The van der Waals surface area contributed by atoms with Gasteiger partial charge in [-0.1, -0.05) is 20.8 Å². The molecule has 0 aromatic carbocycles. The highest BCUT2D eigenvalue weighted by Crippen LogP contribution is 2.27. The number of rotatable bonds is 5. The number of hydrogen-bond donors (Lipinski definition) is 2. The van der Waals surface area contributed by atoms with Gasteiger partial charge in [0.25, 0.3) is 0 Å². The van der Waals surface area contributed by atoms with Crippen LogP contribution < -0.4 is 10.6 Å². The van der Waals surface area contributed by atoms with Gasteiger partial charge in [0.05, 0.1) is 0 Å². The van der Waals surface area contributed by atoms with Crippen LogP contribution in [0, 0.1) is 0 Å². The molecule has 0 atom stereocenters. The summed E-state index contributed by atoms with van der Waals surface area (Å²) in [5.74, 6) is 0.688. The van der Waals surface area contributed by atoms with E-state index in [-0.39, 0.29) is 11.4 Å². The molecule has 2 aromatic heterocycles. The van der Waals surface area contributed by atoms with Gasteiger partial charge in [0.15, 0.2) is 0 Å². The Hall–Kier alpha value is -1.97. The zero-order valence-electron chi connectivity index (χ0n) is 12.9. The third-order valence-electron chi connectivity index (χ3n) is 2.73. The first-order valence-electron chi connectivity index (χ1n) is 6.88. The highest BCUT2D eigenvalue weighted by atomic mass is 32.1. The molecule has 0 aliphatic rings. The minimum atomic E-state index is -4.48. The molecule has 0 unspecified atom stereocenters. The first-order valence-corrected chi connectivity index (χ1v) is 7.66. The summed E-state index contributed by atoms with van der Waals surface area (Å²) >= 11 is 1.25. The van der Waals surface area contributed by atoms with Crippen molar-refractivity contribution in [2.45, 2.75) is 32.4 Å². The zero-order valence-corrected chi connectivity index (χ0v) is 13.7. The lowest BCUT2D eigenvalue weighted by Crippen LogP contribution is -2.17. The molecule has 0 aliphatic carbocycles. The van der Waals surface area contributed by atoms with Gasteiger partial charge in [-0.05, 0) is 6.07 Å². The monoisotopic (exact) mass is 346 g/mol. The average Bonchev–Trinajstić information content (AvgIpc) is 2.92. The van der Waals surface area contributed by atoms with Crippen molar-refractivity contribution in [1.82, 2.24) is 19.3 Å². The van der Waals surface area contributed by atoms with E-state index in [2.05, 4.69) is 30.0 Å². The van der Waals surface area contributed by atoms with E-state index in [1.165, 1.54) is 11.5 Å². The Kier molecular flexibility index (Phi) is 5.03. The summed E-state index contributed by atoms with van der Waals surface area (Å²) in [5.41, 5.74) is -1.09. The molecule has 6 nitrogen and oxygen atoms in total. The molecule has 0 saturated heterocycles. The molecule has 0 spiro atoms. The maximum Gasteiger partial charge on any atom is 0.433 e. The molecular weight excluding hydrogens is 329 g/mol. The summed E-state index contributed by atoms with van der Waals surface area (Å²) in [6, 6.07) is 0.832. The minimum absolute atomic E-state index is 0.0609. The van der Waals surface area contributed by atoms with Crippen molar-refractivity contribution in [2.24, 2.45) is 0 Å². The predicted molar refractivity (Wildman–Crippen MR) is 82.6 cm³/mol. The van der Waals surface area contributed by atoms with E-state index in [0.717, 1.165) is 18.1 Å². The highest BCUT2D eigenvalue weighted by Gasteiger charge is 2.32. The summed E-state index contributed by atoms with van der Waals surface area (Å²) in [6.45, 7) is 6.87. The smallest absolute Gasteiger partial charge is 0.359 e. The van der Waals surface area contributed by atoms with Crippen molar-refractivity contribution < 1.29 is 13.2 Å². The molecule has 0 aliphatic heterocycles. The van der Waals surface area contributed by atoms with Gasteiger partial charge in [-0.3, -0.25) is 0 Å². The van der Waals surface area contributed by atoms with E-state index < -0.39 is 11.9 Å². The second-order valence-corrected chi connectivity index (χ2v) is 6.54. The second kappa shape index (κ2) is 6.65. The maximum atomic E-state index is 12.5. The van der Waals surface area contributed by atoms with Gasteiger partial charge in [0.1, 0.15) is 11.5 Å². The third-order valence-corrected chi connectivity index (χ3v) is 3.40. The van der Waals surface area contributed by atoms with Crippen LogP contribution in [0.5, 0.6) is 0 Å². The van der Waals surface area contributed by atoms with E-state index in [1.807, 2.05) is 20.8 Å². The second-order valence-electron chi connectivity index (χ2n) is 5.79. The Labute approximate surface area is 135 Å². The van der Waals surface area contributed by atoms with E-state index in [9.17, 15) is 13.2 Å². The fourth-order valence-electron chi connectivity index (χ4n) is 1.55. The Balaban J connectivity index is 1.83. The van der Waals surface area contributed by atoms with Gasteiger partial charge in [-0.25, -0.2) is 15.0 Å². The zero-order chi connectivity index (χ0) is 17.1. The molecule has 0 radical (unpaired) electrons. The van der Waals surface area contributed by atoms with Gasteiger partial charge in [0, 0.05) is 36.2 Å². The lowest BCUT2D eigenvalue weighted by molar-refractivity contribution is -0.141. The summed E-state index contributed by atoms with van der Waals surface area (Å²) in [7, 11) is 0. The largest absolute Gasteiger partial charge is 0.433 e. The van der Waals surface area contributed by atoms with Crippen LogP contribution in [0.25, 0.3) is 0 Å². The Morgan fingerprint density at radius 1 is 1.09 bits per heavy atom. The Morgan fingerprint density at radius 3 is 2.39 bits per heavy atom. The van der Waals surface area contributed by atoms with Crippen LogP contribution in [-0.4, -0.2) is 32.4 Å². The molecule has 0 fully saturated rings. The summed E-state index contributed by atoms with van der Waals surface area (Å²) in [4.78, 5) is 11.5. The van der Waals surface area contributed by atoms with Crippen molar-refractivity contribution >= 4 is 22.6 Å². The van der Waals surface area contributed by atoms with Crippen molar-refractivity contribution in [3.05, 3.63) is 23.8 Å². The fraction of sp³-hybridized carbons (Fsp3) is 0.538. The standard InChI is InChI=1S/C13H17F3N6S/c1-12(2,3)9-21-11(23-22-9)19-7-6-18-10-17-5-4-8(20-10)13(14,15)16/h4-5H,6-7H2,1-3H3,(H,17,18,20)(H,19,21,22). The SMILES string of the molecule is CC(C)(C)c1nsc(NCCNc2nccc(C(F)(F)F)n2)n1. The van der Waals surface area contributed by atoms with Crippen molar-refractivity contribution in [2.75, 3.05) is 23.7 Å². The molecule has 10 heteroatoms. The molecule has 0 bridgehead atoms. The van der Waals surface area contributed by atoms with E-state index >= 15 is 0 Å². The van der Waals surface area contributed by atoms with E-state index in [1.54, 1.807) is 0 Å². The summed E-state index contributed by atoms with van der Waals surface area (Å²) < 4.78 is 41.9. The van der Waals surface area contributed by atoms with Crippen molar-refractivity contribution in [3.63, 3.8) is 0 Å². The van der Waals surface area contributed by atoms with Crippen LogP contribution in [0.3, 0.4) is 0 Å². The van der Waals surface area contributed by atoms with E-state index in [4.69, 9.17) is 0 Å². The number of halogens is 3. The first kappa shape index (κ1) is 17.4. The van der Waals surface area contributed by atoms with Crippen molar-refractivity contribution in [1.29, 1.82) is 0 Å². The number of hydrogen-bond acceptors (Lipinski definition) is 7. The van der Waals surface area contributed by atoms with Gasteiger partial charge < -0.3 is 10.6 Å². The predicted octanol–water partition coefficient (Wildman–Crippen LogP) is 3.17. The molecule has 23 heavy (non-hydrogen) atoms. The molecular formula is C13H17F3N6S. The Bertz CT molecular complexity index is 650. The molecule has 2 rings (SSSR count). The van der Waals surface area contributed by atoms with Crippen LogP contribution in [0.4, 0.5) is 24.3 Å². The maximum absolute atomic E-state index is 12.5. The van der Waals surface area contributed by atoms with Gasteiger partial charge >= 0.3 is 6.18 Å². The van der Waals surface area contributed by atoms with Gasteiger partial charge in [-0.15, -0.1) is 0 Å². The van der Waals surface area contributed by atoms with Crippen LogP contribution in [0.1, 0.15) is 32.3 Å². The number of anilines is 2. The van der Waals surface area contributed by atoms with Crippen LogP contribution in [0.15, 0.2) is 12.3 Å². The van der Waals surface area contributed by atoms with Gasteiger partial charge in [-0.2, -0.15) is 17.5 Å². The number of aromatic nitrogens is 4. The fourth-order valence-corrected chi connectivity index (χ4v) is 2.33. The minimum Gasteiger partial charge on any atom is -0.359 e. The lowest BCUT2D eigenvalue weighted by atomic mass is 9.96. The van der Waals surface area contributed by atoms with Gasteiger partial charge in [0.2, 0.25) is 11.1 Å². The third kappa shape index (κ3) is 5.02. The highest BCUT2D eigenvalue weighted by molar-refractivity contribution is 7.09. The molecule has 2 heterocycles. The lowest BCUT2D eigenvalue weighted by Gasteiger charge is -2.12. The summed E-state index contributed by atoms with van der Waals surface area (Å²) in [6.07, 6.45) is -3.40. The van der Waals surface area contributed by atoms with Crippen LogP contribution in [-0.2, 0) is 11.6 Å². The first-order chi connectivity index (χ1) is 10.7. The normalized spacial score (nSPS) is 12.3. The average molecular weight is 346 g/mol. The molecule has 126 valence electrons. The number of nitrogens with one attached hydrogen (secondary N) is 2. The number of alkyl halides is 3. The molecule has 0 amide bonds. The van der Waals surface area contributed by atoms with E-state index in [0.29, 0.717) is 18.2 Å². The summed E-state index contributed by atoms with van der Waals surface area (Å²) in [5, 5.41) is 6.46. The molecule has 2 N–H and O–H groups in total. The molecule has 2 aromatic rings. The Morgan fingerprint density at radius 2 is 1.78 bits per heavy atom. The van der Waals surface area contributed by atoms with Crippen molar-refractivity contribution in [3.8, 4) is 0 Å². The van der Waals surface area contributed by atoms with Crippen LogP contribution >= 0.6 is 11.5 Å².